The van der Waals surface area contributed by atoms with E-state index in [0.29, 0.717) is 5.02 Å². The second kappa shape index (κ2) is 4.87. The lowest BCUT2D eigenvalue weighted by atomic mass is 10.3. The summed E-state index contributed by atoms with van der Waals surface area (Å²) in [5.74, 6) is 0. The maximum absolute atomic E-state index is 5.89. The van der Waals surface area contributed by atoms with Gasteiger partial charge in [0.25, 0.3) is 0 Å². The van der Waals surface area contributed by atoms with Crippen LogP contribution in [0.2, 0.25) is 5.02 Å². The van der Waals surface area contributed by atoms with Gasteiger partial charge in [0, 0.05) is 18.9 Å². The molecule has 0 aliphatic rings. The Morgan fingerprint density at radius 1 is 1.62 bits per heavy atom. The SMILES string of the molecule is CC(C)=CCNc1ccncc1Cl. The molecule has 0 fully saturated rings. The zero-order chi connectivity index (χ0) is 9.68. The molecule has 0 spiro atoms. The first kappa shape index (κ1) is 10.1. The lowest BCUT2D eigenvalue weighted by molar-refractivity contribution is 1.24. The summed E-state index contributed by atoms with van der Waals surface area (Å²) in [4.78, 5) is 3.90. The Morgan fingerprint density at radius 2 is 2.38 bits per heavy atom. The normalized spacial score (nSPS) is 9.46. The summed E-state index contributed by atoms with van der Waals surface area (Å²) in [6.45, 7) is 4.93. The first-order valence-corrected chi connectivity index (χ1v) is 4.54. The smallest absolute Gasteiger partial charge is 0.0820 e. The summed E-state index contributed by atoms with van der Waals surface area (Å²) in [6.07, 6.45) is 5.46. The van der Waals surface area contributed by atoms with E-state index in [0.717, 1.165) is 12.2 Å². The number of allylic oxidation sites excluding steroid dienone is 1. The van der Waals surface area contributed by atoms with Gasteiger partial charge in [-0.25, -0.2) is 0 Å². The second-order valence-corrected chi connectivity index (χ2v) is 3.43. The number of pyridine rings is 1. The number of nitrogens with one attached hydrogen (secondary N) is 1. The van der Waals surface area contributed by atoms with Gasteiger partial charge in [-0.15, -0.1) is 0 Å². The van der Waals surface area contributed by atoms with Gasteiger partial charge < -0.3 is 5.32 Å². The van der Waals surface area contributed by atoms with E-state index in [1.807, 2.05) is 6.07 Å². The molecular formula is C10H13ClN2. The fourth-order valence-corrected chi connectivity index (χ4v) is 1.07. The third-order valence-corrected chi connectivity index (χ3v) is 1.88. The third kappa shape index (κ3) is 3.47. The highest BCUT2D eigenvalue weighted by molar-refractivity contribution is 6.33. The van der Waals surface area contributed by atoms with Crippen molar-refractivity contribution in [1.82, 2.24) is 4.98 Å². The van der Waals surface area contributed by atoms with Crippen LogP contribution in [0.1, 0.15) is 13.8 Å². The molecule has 0 saturated heterocycles. The number of rotatable bonds is 3. The Labute approximate surface area is 83.6 Å². The van der Waals surface area contributed by atoms with Crippen LogP contribution < -0.4 is 5.32 Å². The minimum absolute atomic E-state index is 0.657. The van der Waals surface area contributed by atoms with Gasteiger partial charge >= 0.3 is 0 Å². The Morgan fingerprint density at radius 3 is 3.00 bits per heavy atom. The van der Waals surface area contributed by atoms with Crippen LogP contribution in [0.3, 0.4) is 0 Å². The van der Waals surface area contributed by atoms with Crippen LogP contribution in [0.25, 0.3) is 0 Å². The number of hydrogen-bond donors (Lipinski definition) is 1. The fraction of sp³-hybridized carbons (Fsp3) is 0.300. The molecule has 0 unspecified atom stereocenters. The van der Waals surface area contributed by atoms with Crippen molar-refractivity contribution in [2.45, 2.75) is 13.8 Å². The second-order valence-electron chi connectivity index (χ2n) is 3.02. The molecule has 0 aliphatic carbocycles. The molecule has 0 atom stereocenters. The predicted molar refractivity (Wildman–Crippen MR) is 57.2 cm³/mol. The highest BCUT2D eigenvalue weighted by Gasteiger charge is 1.95. The van der Waals surface area contributed by atoms with Gasteiger partial charge in [0.05, 0.1) is 10.7 Å². The van der Waals surface area contributed by atoms with Gasteiger partial charge in [-0.2, -0.15) is 0 Å². The molecule has 70 valence electrons. The van der Waals surface area contributed by atoms with E-state index >= 15 is 0 Å². The number of aromatic nitrogens is 1. The number of anilines is 1. The highest BCUT2D eigenvalue weighted by Crippen LogP contribution is 2.18. The lowest BCUT2D eigenvalue weighted by Gasteiger charge is -2.04. The topological polar surface area (TPSA) is 24.9 Å². The average Bonchev–Trinajstić information content (AvgIpc) is 2.08. The van der Waals surface area contributed by atoms with E-state index in [-0.39, 0.29) is 0 Å². The molecule has 0 aliphatic heterocycles. The van der Waals surface area contributed by atoms with Gasteiger partial charge in [0.15, 0.2) is 0 Å². The summed E-state index contributed by atoms with van der Waals surface area (Å²) in [7, 11) is 0. The van der Waals surface area contributed by atoms with Crippen LogP contribution in [0.15, 0.2) is 30.1 Å². The molecule has 13 heavy (non-hydrogen) atoms. The predicted octanol–water partition coefficient (Wildman–Crippen LogP) is 3.11. The Bertz CT molecular complexity index is 304. The minimum atomic E-state index is 0.657. The van der Waals surface area contributed by atoms with E-state index in [4.69, 9.17) is 11.6 Å². The highest BCUT2D eigenvalue weighted by atomic mass is 35.5. The summed E-state index contributed by atoms with van der Waals surface area (Å²) in [5, 5.41) is 3.85. The molecular weight excluding hydrogens is 184 g/mol. The van der Waals surface area contributed by atoms with Gasteiger partial charge in [-0.1, -0.05) is 23.3 Å². The van der Waals surface area contributed by atoms with Crippen molar-refractivity contribution in [1.29, 1.82) is 0 Å². The number of halogens is 1. The van der Waals surface area contributed by atoms with Crippen LogP contribution in [-0.4, -0.2) is 11.5 Å². The van der Waals surface area contributed by atoms with Gasteiger partial charge in [0.2, 0.25) is 0 Å². The molecule has 1 rings (SSSR count). The summed E-state index contributed by atoms with van der Waals surface area (Å²) in [6, 6.07) is 1.86. The zero-order valence-corrected chi connectivity index (χ0v) is 8.60. The van der Waals surface area contributed by atoms with E-state index < -0.39 is 0 Å². The molecule has 1 aromatic heterocycles. The Balaban J connectivity index is 2.55. The van der Waals surface area contributed by atoms with Crippen LogP contribution in [-0.2, 0) is 0 Å². The van der Waals surface area contributed by atoms with E-state index in [1.54, 1.807) is 12.4 Å². The Kier molecular flexibility index (Phi) is 3.77. The molecule has 0 bridgehead atoms. The minimum Gasteiger partial charge on any atom is -0.380 e. The van der Waals surface area contributed by atoms with E-state index in [1.165, 1.54) is 5.57 Å². The molecule has 1 heterocycles. The number of nitrogens with zero attached hydrogens (tertiary/aromatic N) is 1. The Hall–Kier alpha value is -1.02. The first-order chi connectivity index (χ1) is 6.20. The molecule has 1 aromatic rings. The maximum atomic E-state index is 5.89. The molecule has 0 saturated carbocycles. The molecule has 2 nitrogen and oxygen atoms in total. The molecule has 0 amide bonds. The van der Waals surface area contributed by atoms with Crippen molar-refractivity contribution in [3.8, 4) is 0 Å². The van der Waals surface area contributed by atoms with Crippen LogP contribution >= 0.6 is 11.6 Å². The molecule has 1 N–H and O–H groups in total. The fourth-order valence-electron chi connectivity index (χ4n) is 0.884. The standard InChI is InChI=1S/C10H13ClN2/c1-8(2)3-6-13-10-4-5-12-7-9(10)11/h3-5,7H,6H2,1-2H3,(H,12,13). The van der Waals surface area contributed by atoms with Crippen molar-refractivity contribution in [2.24, 2.45) is 0 Å². The van der Waals surface area contributed by atoms with Gasteiger partial charge in [-0.3, -0.25) is 4.98 Å². The van der Waals surface area contributed by atoms with Crippen LogP contribution in [0.5, 0.6) is 0 Å². The van der Waals surface area contributed by atoms with Crippen LogP contribution in [0, 0.1) is 0 Å². The van der Waals surface area contributed by atoms with Crippen molar-refractivity contribution in [2.75, 3.05) is 11.9 Å². The van der Waals surface area contributed by atoms with Gasteiger partial charge in [-0.05, 0) is 19.9 Å². The lowest BCUT2D eigenvalue weighted by Crippen LogP contribution is -1.99. The first-order valence-electron chi connectivity index (χ1n) is 4.17. The molecule has 3 heteroatoms. The zero-order valence-electron chi connectivity index (χ0n) is 7.84. The average molecular weight is 197 g/mol. The van der Waals surface area contributed by atoms with Crippen molar-refractivity contribution >= 4 is 17.3 Å². The van der Waals surface area contributed by atoms with Gasteiger partial charge in [0.1, 0.15) is 0 Å². The summed E-state index contributed by atoms with van der Waals surface area (Å²) >= 11 is 5.89. The largest absolute Gasteiger partial charge is 0.380 e. The maximum Gasteiger partial charge on any atom is 0.0820 e. The monoisotopic (exact) mass is 196 g/mol. The molecule has 0 radical (unpaired) electrons. The third-order valence-electron chi connectivity index (χ3n) is 1.58. The van der Waals surface area contributed by atoms with E-state index in [2.05, 4.69) is 30.2 Å². The van der Waals surface area contributed by atoms with Crippen molar-refractivity contribution < 1.29 is 0 Å². The van der Waals surface area contributed by atoms with Crippen LogP contribution in [0.4, 0.5) is 5.69 Å². The molecule has 0 aromatic carbocycles. The number of hydrogen-bond acceptors (Lipinski definition) is 2. The quantitative estimate of drug-likeness (QED) is 0.752. The van der Waals surface area contributed by atoms with E-state index in [9.17, 15) is 0 Å². The van der Waals surface area contributed by atoms with Crippen molar-refractivity contribution in [3.63, 3.8) is 0 Å². The summed E-state index contributed by atoms with van der Waals surface area (Å²) < 4.78 is 0. The van der Waals surface area contributed by atoms with Crippen molar-refractivity contribution in [3.05, 3.63) is 35.1 Å². The summed E-state index contributed by atoms with van der Waals surface area (Å²) in [5.41, 5.74) is 2.21.